The molecule has 0 aromatic heterocycles. The molecule has 2 unspecified atom stereocenters. The molecule has 54 valence electrons. The minimum absolute atomic E-state index is 0.554. The zero-order chi connectivity index (χ0) is 6.85. The van der Waals surface area contributed by atoms with Crippen molar-refractivity contribution in [3.63, 3.8) is 0 Å². The van der Waals surface area contributed by atoms with Crippen LogP contribution in [0.15, 0.2) is 0 Å². The van der Waals surface area contributed by atoms with Gasteiger partial charge in [0.15, 0.2) is 0 Å². The number of hydrogen-bond acceptors (Lipinski definition) is 3. The van der Waals surface area contributed by atoms with E-state index in [0.717, 1.165) is 0 Å². The van der Waals surface area contributed by atoms with Crippen LogP contribution in [0, 0.1) is 0 Å². The fraction of sp³-hybridized carbons (Fsp3) is 1.00. The second-order valence-electron chi connectivity index (χ2n) is 2.68. The Bertz CT molecular complexity index is 87.1. The molecular formula is C6H14N2S. The minimum atomic E-state index is 0.554. The lowest BCUT2D eigenvalue weighted by Gasteiger charge is -2.34. The Kier molecular flexibility index (Phi) is 2.38. The molecule has 0 bridgehead atoms. The predicted octanol–water partition coefficient (Wildman–Crippen LogP) is 0.686. The zero-order valence-corrected chi connectivity index (χ0v) is 6.82. The minimum Gasteiger partial charge on any atom is -0.268 e. The van der Waals surface area contributed by atoms with Gasteiger partial charge in [0.05, 0.1) is 0 Å². The van der Waals surface area contributed by atoms with Gasteiger partial charge in [0.2, 0.25) is 0 Å². The van der Waals surface area contributed by atoms with Crippen LogP contribution in [0.1, 0.15) is 13.8 Å². The topological polar surface area (TPSA) is 29.3 Å². The van der Waals surface area contributed by atoms with Gasteiger partial charge in [0.1, 0.15) is 0 Å². The smallest absolute Gasteiger partial charge is 0.0306 e. The van der Waals surface area contributed by atoms with Crippen LogP contribution in [-0.2, 0) is 0 Å². The Morgan fingerprint density at radius 2 is 1.78 bits per heavy atom. The number of nitrogens with two attached hydrogens (primary N) is 1. The number of rotatable bonds is 0. The molecule has 1 fully saturated rings. The first-order valence-electron chi connectivity index (χ1n) is 3.32. The Hall–Kier alpha value is 0.270. The average molecular weight is 146 g/mol. The van der Waals surface area contributed by atoms with Gasteiger partial charge in [-0.25, -0.2) is 5.01 Å². The van der Waals surface area contributed by atoms with Crippen LogP contribution in [0.25, 0.3) is 0 Å². The van der Waals surface area contributed by atoms with Crippen LogP contribution in [-0.4, -0.2) is 28.6 Å². The molecule has 2 atom stereocenters. The molecule has 0 radical (unpaired) electrons. The largest absolute Gasteiger partial charge is 0.268 e. The van der Waals surface area contributed by atoms with E-state index in [4.69, 9.17) is 5.84 Å². The van der Waals surface area contributed by atoms with Gasteiger partial charge >= 0.3 is 0 Å². The summed E-state index contributed by atoms with van der Waals surface area (Å²) in [5.74, 6) is 8.10. The molecule has 1 aliphatic rings. The maximum absolute atomic E-state index is 5.74. The summed E-state index contributed by atoms with van der Waals surface area (Å²) in [6.07, 6.45) is 0. The van der Waals surface area contributed by atoms with Crippen molar-refractivity contribution in [1.29, 1.82) is 0 Å². The number of hydrazine groups is 1. The van der Waals surface area contributed by atoms with Crippen LogP contribution in [0.4, 0.5) is 0 Å². The van der Waals surface area contributed by atoms with Gasteiger partial charge in [-0.2, -0.15) is 11.8 Å². The highest BCUT2D eigenvalue weighted by Gasteiger charge is 2.21. The molecule has 0 spiro atoms. The highest BCUT2D eigenvalue weighted by Crippen LogP contribution is 2.17. The molecule has 0 aromatic rings. The van der Waals surface area contributed by atoms with Crippen molar-refractivity contribution in [3.05, 3.63) is 0 Å². The van der Waals surface area contributed by atoms with E-state index in [9.17, 15) is 0 Å². The van der Waals surface area contributed by atoms with Crippen molar-refractivity contribution in [1.82, 2.24) is 5.01 Å². The van der Waals surface area contributed by atoms with Crippen LogP contribution >= 0.6 is 11.8 Å². The van der Waals surface area contributed by atoms with E-state index in [1.54, 1.807) is 0 Å². The maximum Gasteiger partial charge on any atom is 0.0306 e. The Morgan fingerprint density at radius 3 is 2.11 bits per heavy atom. The Labute approximate surface area is 60.8 Å². The lowest BCUT2D eigenvalue weighted by molar-refractivity contribution is 0.178. The third kappa shape index (κ3) is 1.60. The van der Waals surface area contributed by atoms with Crippen molar-refractivity contribution in [2.75, 3.05) is 11.5 Å². The van der Waals surface area contributed by atoms with E-state index in [-0.39, 0.29) is 0 Å². The maximum atomic E-state index is 5.74. The van der Waals surface area contributed by atoms with Crippen molar-refractivity contribution < 1.29 is 0 Å². The van der Waals surface area contributed by atoms with E-state index in [0.29, 0.717) is 12.1 Å². The molecule has 1 aliphatic heterocycles. The second kappa shape index (κ2) is 2.90. The number of hydrogen-bond donors (Lipinski definition) is 1. The quantitative estimate of drug-likeness (QED) is 0.510. The molecule has 0 aliphatic carbocycles. The molecular weight excluding hydrogens is 132 g/mol. The van der Waals surface area contributed by atoms with Crippen LogP contribution in [0.2, 0.25) is 0 Å². The lowest BCUT2D eigenvalue weighted by atomic mass is 10.3. The van der Waals surface area contributed by atoms with Gasteiger partial charge in [0, 0.05) is 23.6 Å². The third-order valence-electron chi connectivity index (χ3n) is 1.74. The second-order valence-corrected chi connectivity index (χ2v) is 3.76. The first-order chi connectivity index (χ1) is 4.22. The van der Waals surface area contributed by atoms with Gasteiger partial charge in [-0.3, -0.25) is 5.84 Å². The van der Waals surface area contributed by atoms with E-state index in [1.807, 2.05) is 16.8 Å². The Morgan fingerprint density at radius 1 is 1.33 bits per heavy atom. The number of nitrogens with zero attached hydrogens (tertiary/aromatic N) is 1. The first-order valence-corrected chi connectivity index (χ1v) is 4.48. The molecule has 2 nitrogen and oxygen atoms in total. The van der Waals surface area contributed by atoms with Crippen molar-refractivity contribution in [2.24, 2.45) is 5.84 Å². The lowest BCUT2D eigenvalue weighted by Crippen LogP contribution is -2.50. The average Bonchev–Trinajstić information content (AvgIpc) is 1.83. The third-order valence-corrected chi connectivity index (χ3v) is 3.17. The summed E-state index contributed by atoms with van der Waals surface area (Å²) >= 11 is 1.99. The normalized spacial score (nSPS) is 39.0. The first kappa shape index (κ1) is 7.38. The van der Waals surface area contributed by atoms with Crippen LogP contribution < -0.4 is 5.84 Å². The molecule has 0 aromatic carbocycles. The van der Waals surface area contributed by atoms with Crippen molar-refractivity contribution >= 4 is 11.8 Å². The van der Waals surface area contributed by atoms with E-state index in [2.05, 4.69) is 13.8 Å². The summed E-state index contributed by atoms with van der Waals surface area (Å²) in [7, 11) is 0. The summed E-state index contributed by atoms with van der Waals surface area (Å²) < 4.78 is 0. The van der Waals surface area contributed by atoms with E-state index in [1.165, 1.54) is 11.5 Å². The van der Waals surface area contributed by atoms with Gasteiger partial charge in [-0.1, -0.05) is 0 Å². The van der Waals surface area contributed by atoms with E-state index < -0.39 is 0 Å². The Balaban J connectivity index is 2.41. The summed E-state index contributed by atoms with van der Waals surface area (Å²) in [4.78, 5) is 0. The van der Waals surface area contributed by atoms with Crippen LogP contribution in [0.5, 0.6) is 0 Å². The molecule has 1 heterocycles. The molecule has 1 saturated heterocycles. The van der Waals surface area contributed by atoms with Crippen molar-refractivity contribution in [2.45, 2.75) is 25.9 Å². The zero-order valence-electron chi connectivity index (χ0n) is 6.00. The molecule has 9 heavy (non-hydrogen) atoms. The summed E-state index contributed by atoms with van der Waals surface area (Å²) in [6, 6.07) is 1.11. The van der Waals surface area contributed by atoms with Crippen LogP contribution in [0.3, 0.4) is 0 Å². The predicted molar refractivity (Wildman–Crippen MR) is 42.3 cm³/mol. The highest BCUT2D eigenvalue weighted by atomic mass is 32.2. The fourth-order valence-electron chi connectivity index (χ4n) is 1.02. The van der Waals surface area contributed by atoms with E-state index >= 15 is 0 Å². The number of thioether (sulfide) groups is 1. The molecule has 1 rings (SSSR count). The summed E-state index contributed by atoms with van der Waals surface area (Å²) in [5.41, 5.74) is 0. The van der Waals surface area contributed by atoms with Gasteiger partial charge in [-0.15, -0.1) is 0 Å². The standard InChI is InChI=1S/C6H14N2S/c1-5-3-9-4-6(2)8(5)7/h5-6H,3-4,7H2,1-2H3. The monoisotopic (exact) mass is 146 g/mol. The fourth-order valence-corrected chi connectivity index (χ4v) is 2.18. The summed E-state index contributed by atoms with van der Waals surface area (Å²) in [6.45, 7) is 4.34. The molecule has 0 amide bonds. The van der Waals surface area contributed by atoms with Gasteiger partial charge in [0.25, 0.3) is 0 Å². The SMILES string of the molecule is CC1CSCC(C)N1N. The van der Waals surface area contributed by atoms with Crippen molar-refractivity contribution in [3.8, 4) is 0 Å². The molecule has 0 saturated carbocycles. The highest BCUT2D eigenvalue weighted by molar-refractivity contribution is 7.99. The molecule has 3 heteroatoms. The van der Waals surface area contributed by atoms with Gasteiger partial charge < -0.3 is 0 Å². The summed E-state index contributed by atoms with van der Waals surface area (Å²) in [5, 5.41) is 1.95. The molecule has 2 N–H and O–H groups in total. The van der Waals surface area contributed by atoms with Gasteiger partial charge in [-0.05, 0) is 13.8 Å².